The van der Waals surface area contributed by atoms with Gasteiger partial charge >= 0.3 is 5.97 Å². The average molecular weight is 390 g/mol. The van der Waals surface area contributed by atoms with Gasteiger partial charge in [-0.2, -0.15) is 0 Å². The van der Waals surface area contributed by atoms with Gasteiger partial charge < -0.3 is 15.1 Å². The fourth-order valence-electron chi connectivity index (χ4n) is 3.92. The highest BCUT2D eigenvalue weighted by Gasteiger charge is 2.36. The first-order valence-electron chi connectivity index (χ1n) is 10.4. The Kier molecular flexibility index (Phi) is 9.16. The Balaban J connectivity index is 1.70. The van der Waals surface area contributed by atoms with E-state index in [1.54, 1.807) is 14.1 Å². The van der Waals surface area contributed by atoms with Crippen molar-refractivity contribution in [3.8, 4) is 0 Å². The van der Waals surface area contributed by atoms with Crippen LogP contribution in [0.15, 0.2) is 42.5 Å². The lowest BCUT2D eigenvalue weighted by Crippen LogP contribution is -2.38. The Morgan fingerprint density at radius 3 is 2.79 bits per heavy atom. The molecule has 0 aliphatic heterocycles. The normalized spacial score (nSPS) is 23.8. The third-order valence-electron chi connectivity index (χ3n) is 5.28. The topological polar surface area (TPSA) is 70.0 Å². The molecule has 1 saturated carbocycles. The zero-order chi connectivity index (χ0) is 20.4. The van der Waals surface area contributed by atoms with Crippen LogP contribution in [-0.4, -0.2) is 47.0 Å². The van der Waals surface area contributed by atoms with Gasteiger partial charge in [0.05, 0.1) is 18.1 Å². The molecule has 3 atom stereocenters. The number of rotatable bonds is 10. The molecule has 1 fully saturated rings. The number of hydrogen-bond donors (Lipinski definition) is 2. The average Bonchev–Trinajstić information content (AvgIpc) is 2.63. The molecular weight excluding hydrogens is 354 g/mol. The summed E-state index contributed by atoms with van der Waals surface area (Å²) >= 11 is 0. The summed E-state index contributed by atoms with van der Waals surface area (Å²) in [5.74, 6) is -0.222. The molecule has 1 aromatic rings. The molecule has 0 amide bonds. The summed E-state index contributed by atoms with van der Waals surface area (Å²) < 4.78 is 0. The van der Waals surface area contributed by atoms with Gasteiger partial charge in [-0.1, -0.05) is 48.9 Å². The van der Waals surface area contributed by atoms with Gasteiger partial charge in [0.15, 0.2) is 0 Å². The van der Waals surface area contributed by atoms with E-state index in [0.717, 1.165) is 38.5 Å². The SMILES string of the molecule is CN(C)OC(=O)C[C@]1(O)CCC[C@H](/C=C/[C@@H](O)CCCCc2ccccc2)C1. The summed E-state index contributed by atoms with van der Waals surface area (Å²) in [6.07, 6.45) is 10.2. The quantitative estimate of drug-likeness (QED) is 0.363. The fourth-order valence-corrected chi connectivity index (χ4v) is 3.92. The van der Waals surface area contributed by atoms with Gasteiger partial charge in [-0.25, -0.2) is 0 Å². The number of nitrogens with zero attached hydrogens (tertiary/aromatic N) is 1. The first kappa shape index (κ1) is 22.6. The van der Waals surface area contributed by atoms with Crippen LogP contribution in [0.1, 0.15) is 56.9 Å². The van der Waals surface area contributed by atoms with E-state index in [1.165, 1.54) is 10.6 Å². The molecule has 0 spiro atoms. The minimum atomic E-state index is -1.01. The van der Waals surface area contributed by atoms with Crippen LogP contribution in [-0.2, 0) is 16.1 Å². The van der Waals surface area contributed by atoms with E-state index in [9.17, 15) is 15.0 Å². The summed E-state index contributed by atoms with van der Waals surface area (Å²) in [5, 5.41) is 22.3. The highest BCUT2D eigenvalue weighted by molar-refractivity contribution is 5.70. The molecule has 2 rings (SSSR count). The smallest absolute Gasteiger partial charge is 0.327 e. The Hall–Kier alpha value is -1.69. The van der Waals surface area contributed by atoms with Crippen molar-refractivity contribution < 1.29 is 19.8 Å². The van der Waals surface area contributed by atoms with Crippen molar-refractivity contribution in [1.82, 2.24) is 5.06 Å². The van der Waals surface area contributed by atoms with Gasteiger partial charge in [-0.15, -0.1) is 5.06 Å². The number of allylic oxidation sites excluding steroid dienone is 1. The summed E-state index contributed by atoms with van der Waals surface area (Å²) in [4.78, 5) is 16.9. The summed E-state index contributed by atoms with van der Waals surface area (Å²) in [5.41, 5.74) is 0.322. The molecule has 2 N–H and O–H groups in total. The van der Waals surface area contributed by atoms with Gasteiger partial charge in [0, 0.05) is 14.1 Å². The number of carbonyl (C=O) groups is 1. The molecule has 0 unspecified atom stereocenters. The standard InChI is InChI=1S/C23H35NO4/c1-24(2)28-22(26)18-23(27)16-8-12-20(17-23)14-15-21(25)13-7-6-11-19-9-4-3-5-10-19/h3-5,9-10,14-15,20-21,25,27H,6-8,11-13,16-18H2,1-2H3/b15-14+/t20-,21+,23+/m1/s1. The third kappa shape index (κ3) is 8.55. The lowest BCUT2D eigenvalue weighted by atomic mass is 9.76. The van der Waals surface area contributed by atoms with Crippen LogP contribution in [0, 0.1) is 5.92 Å². The second-order valence-electron chi connectivity index (χ2n) is 8.22. The van der Waals surface area contributed by atoms with E-state index in [0.29, 0.717) is 12.8 Å². The van der Waals surface area contributed by atoms with E-state index in [4.69, 9.17) is 4.84 Å². The molecule has 0 heterocycles. The predicted molar refractivity (Wildman–Crippen MR) is 110 cm³/mol. The molecule has 5 nitrogen and oxygen atoms in total. The van der Waals surface area contributed by atoms with Crippen molar-refractivity contribution >= 4 is 5.97 Å². The number of hydrogen-bond acceptors (Lipinski definition) is 5. The Bertz CT molecular complexity index is 616. The van der Waals surface area contributed by atoms with Gasteiger partial charge in [0.25, 0.3) is 0 Å². The molecule has 156 valence electrons. The molecule has 1 aliphatic carbocycles. The van der Waals surface area contributed by atoms with Gasteiger partial charge in [0.1, 0.15) is 0 Å². The van der Waals surface area contributed by atoms with Crippen molar-refractivity contribution in [3.63, 3.8) is 0 Å². The summed E-state index contributed by atoms with van der Waals surface area (Å²) in [6.45, 7) is 0. The molecular formula is C23H35NO4. The molecule has 1 aliphatic rings. The number of hydroxylamine groups is 2. The van der Waals surface area contributed by atoms with Crippen molar-refractivity contribution in [2.24, 2.45) is 5.92 Å². The first-order valence-corrected chi connectivity index (χ1v) is 10.4. The molecule has 0 saturated heterocycles. The van der Waals surface area contributed by atoms with E-state index in [2.05, 4.69) is 24.3 Å². The number of benzene rings is 1. The zero-order valence-corrected chi connectivity index (χ0v) is 17.2. The van der Waals surface area contributed by atoms with Crippen LogP contribution in [0.5, 0.6) is 0 Å². The van der Waals surface area contributed by atoms with Crippen LogP contribution >= 0.6 is 0 Å². The zero-order valence-electron chi connectivity index (χ0n) is 17.2. The van der Waals surface area contributed by atoms with Crippen LogP contribution in [0.4, 0.5) is 0 Å². The molecule has 28 heavy (non-hydrogen) atoms. The maximum absolute atomic E-state index is 11.9. The van der Waals surface area contributed by atoms with E-state index in [-0.39, 0.29) is 12.3 Å². The second kappa shape index (κ2) is 11.3. The highest BCUT2D eigenvalue weighted by atomic mass is 16.7. The largest absolute Gasteiger partial charge is 0.389 e. The van der Waals surface area contributed by atoms with Crippen molar-refractivity contribution in [2.75, 3.05) is 14.1 Å². The first-order chi connectivity index (χ1) is 13.4. The van der Waals surface area contributed by atoms with Crippen molar-refractivity contribution in [2.45, 2.75) is 69.5 Å². The molecule has 0 aromatic heterocycles. The van der Waals surface area contributed by atoms with Crippen molar-refractivity contribution in [1.29, 1.82) is 0 Å². The summed E-state index contributed by atoms with van der Waals surface area (Å²) in [7, 11) is 3.30. The number of aliphatic hydroxyl groups excluding tert-OH is 1. The van der Waals surface area contributed by atoms with E-state index >= 15 is 0 Å². The van der Waals surface area contributed by atoms with Crippen LogP contribution < -0.4 is 0 Å². The van der Waals surface area contributed by atoms with Crippen molar-refractivity contribution in [3.05, 3.63) is 48.0 Å². The Morgan fingerprint density at radius 2 is 2.07 bits per heavy atom. The maximum Gasteiger partial charge on any atom is 0.327 e. The van der Waals surface area contributed by atoms with E-state index < -0.39 is 17.7 Å². The van der Waals surface area contributed by atoms with Crippen LogP contribution in [0.25, 0.3) is 0 Å². The lowest BCUT2D eigenvalue weighted by Gasteiger charge is -2.35. The lowest BCUT2D eigenvalue weighted by molar-refractivity contribution is -0.184. The van der Waals surface area contributed by atoms with Crippen LogP contribution in [0.3, 0.4) is 0 Å². The second-order valence-corrected chi connectivity index (χ2v) is 8.22. The molecule has 0 radical (unpaired) electrons. The molecule has 0 bridgehead atoms. The van der Waals surface area contributed by atoms with Gasteiger partial charge in [0.2, 0.25) is 0 Å². The van der Waals surface area contributed by atoms with Gasteiger partial charge in [-0.3, -0.25) is 4.79 Å². The monoisotopic (exact) mass is 389 g/mol. The fraction of sp³-hybridized carbons (Fsp3) is 0.609. The Morgan fingerprint density at radius 1 is 1.32 bits per heavy atom. The number of unbranched alkanes of at least 4 members (excludes halogenated alkanes) is 1. The Labute approximate surface area is 169 Å². The minimum Gasteiger partial charge on any atom is -0.389 e. The maximum atomic E-state index is 11.9. The molecule has 1 aromatic carbocycles. The third-order valence-corrected chi connectivity index (χ3v) is 5.28. The van der Waals surface area contributed by atoms with Crippen LogP contribution in [0.2, 0.25) is 0 Å². The number of aliphatic hydroxyl groups is 2. The number of aryl methyl sites for hydroxylation is 1. The highest BCUT2D eigenvalue weighted by Crippen LogP contribution is 2.36. The number of carbonyl (C=O) groups excluding carboxylic acids is 1. The van der Waals surface area contributed by atoms with E-state index in [1.807, 2.05) is 18.2 Å². The van der Waals surface area contributed by atoms with Gasteiger partial charge in [-0.05, 0) is 56.4 Å². The summed E-state index contributed by atoms with van der Waals surface area (Å²) in [6, 6.07) is 10.4. The minimum absolute atomic E-state index is 0.0115. The predicted octanol–water partition coefficient (Wildman–Crippen LogP) is 3.65. The molecule has 5 heteroatoms.